The summed E-state index contributed by atoms with van der Waals surface area (Å²) in [5, 5.41) is 9.85. The van der Waals surface area contributed by atoms with Gasteiger partial charge in [-0.05, 0) is 32.3 Å². The fourth-order valence-electron chi connectivity index (χ4n) is 4.78. The molecule has 2 atom stereocenters. The Morgan fingerprint density at radius 2 is 2.00 bits per heavy atom. The predicted octanol–water partition coefficient (Wildman–Crippen LogP) is 3.45. The Morgan fingerprint density at radius 1 is 1.26 bits per heavy atom. The number of halogens is 3. The molecule has 1 fully saturated rings. The third kappa shape index (κ3) is 4.66. The van der Waals surface area contributed by atoms with Crippen LogP contribution in [0, 0.1) is 5.92 Å². The van der Waals surface area contributed by atoms with E-state index >= 15 is 0 Å². The summed E-state index contributed by atoms with van der Waals surface area (Å²) in [6, 6.07) is 1.17. The summed E-state index contributed by atoms with van der Waals surface area (Å²) in [5.41, 5.74) is -1.65. The normalized spacial score (nSPS) is 21.8. The lowest BCUT2D eigenvalue weighted by Gasteiger charge is -2.36. The molecule has 15 heteroatoms. The van der Waals surface area contributed by atoms with Gasteiger partial charge in [0.05, 0.1) is 27.9 Å². The van der Waals surface area contributed by atoms with Crippen molar-refractivity contribution >= 4 is 33.2 Å². The van der Waals surface area contributed by atoms with Crippen LogP contribution in [0.1, 0.15) is 48.0 Å². The van der Waals surface area contributed by atoms with E-state index in [1.807, 2.05) is 6.92 Å². The Labute approximate surface area is 221 Å². The minimum atomic E-state index is -4.70. The number of anilines is 1. The summed E-state index contributed by atoms with van der Waals surface area (Å²) in [7, 11) is -2.08. The third-order valence-corrected chi connectivity index (χ3v) is 10.1. The van der Waals surface area contributed by atoms with Crippen LogP contribution >= 0.6 is 11.3 Å². The van der Waals surface area contributed by atoms with Gasteiger partial charge in [-0.3, -0.25) is 9.48 Å². The Hall–Kier alpha value is -3.04. The van der Waals surface area contributed by atoms with Crippen LogP contribution in [0.3, 0.4) is 0 Å². The Morgan fingerprint density at radius 3 is 2.61 bits per heavy atom. The summed E-state index contributed by atoms with van der Waals surface area (Å²) >= 11 is 1.09. The first-order valence-corrected chi connectivity index (χ1v) is 14.1. The second-order valence-corrected chi connectivity index (χ2v) is 13.1. The minimum absolute atomic E-state index is 0.00527. The standard InChI is InChI=1S/C23H26F3N7O3S2/c1-12-10-33(38(35,36)13-8-28-32(4)11-13)6-5-16(12)29-21-27-9-15(23(24,25)26)18(30-21)17-7-14-19(37-17)22(2,3)31-20(14)34/h7-9,11-12,16H,5-6,10H2,1-4H3,(H,31,34)(H,27,29,30)/t12-,16+/m1/s1. The van der Waals surface area contributed by atoms with E-state index in [4.69, 9.17) is 0 Å². The molecule has 1 amide bonds. The van der Waals surface area contributed by atoms with E-state index in [-0.39, 0.29) is 52.4 Å². The highest BCUT2D eigenvalue weighted by Crippen LogP contribution is 2.44. The van der Waals surface area contributed by atoms with E-state index in [0.717, 1.165) is 17.5 Å². The maximum atomic E-state index is 13.9. The van der Waals surface area contributed by atoms with Gasteiger partial charge >= 0.3 is 6.18 Å². The van der Waals surface area contributed by atoms with Crippen LogP contribution < -0.4 is 10.6 Å². The van der Waals surface area contributed by atoms with Crippen LogP contribution in [0.15, 0.2) is 29.6 Å². The van der Waals surface area contributed by atoms with Crippen LogP contribution in [-0.4, -0.2) is 57.5 Å². The van der Waals surface area contributed by atoms with E-state index in [1.165, 1.54) is 27.4 Å². The van der Waals surface area contributed by atoms with Gasteiger partial charge in [-0.1, -0.05) is 6.92 Å². The molecule has 5 heterocycles. The number of amides is 1. The Kier molecular flexibility index (Phi) is 6.30. The van der Waals surface area contributed by atoms with E-state index in [2.05, 4.69) is 25.7 Å². The SMILES string of the molecule is C[C@@H]1CN(S(=O)(=O)c2cnn(C)c2)CC[C@@H]1Nc1ncc(C(F)(F)F)c(-c2cc3c(s2)C(C)(C)NC3=O)n1. The van der Waals surface area contributed by atoms with Crippen molar-refractivity contribution in [3.63, 3.8) is 0 Å². The van der Waals surface area contributed by atoms with Gasteiger partial charge in [0, 0.05) is 43.4 Å². The number of nitrogens with one attached hydrogen (secondary N) is 2. The highest BCUT2D eigenvalue weighted by Gasteiger charge is 2.41. The number of fused-ring (bicyclic) bond motifs is 1. The molecule has 2 aliphatic rings. The number of aromatic nitrogens is 4. The smallest absolute Gasteiger partial charge is 0.351 e. The Bertz CT molecular complexity index is 1510. The number of thiophene rings is 1. The molecule has 0 unspecified atom stereocenters. The van der Waals surface area contributed by atoms with Crippen molar-refractivity contribution < 1.29 is 26.4 Å². The largest absolute Gasteiger partial charge is 0.420 e. The zero-order valence-corrected chi connectivity index (χ0v) is 22.6. The Balaban J connectivity index is 1.40. The molecule has 10 nitrogen and oxygen atoms in total. The van der Waals surface area contributed by atoms with Crippen LogP contribution in [0.5, 0.6) is 0 Å². The van der Waals surface area contributed by atoms with Crippen molar-refractivity contribution in [1.29, 1.82) is 0 Å². The molecule has 0 spiro atoms. The van der Waals surface area contributed by atoms with Crippen molar-refractivity contribution in [2.75, 3.05) is 18.4 Å². The fraction of sp³-hybridized carbons (Fsp3) is 0.478. The topological polar surface area (TPSA) is 122 Å². The average Bonchev–Trinajstić information content (AvgIpc) is 3.51. The summed E-state index contributed by atoms with van der Waals surface area (Å²) < 4.78 is 70.3. The molecule has 0 bridgehead atoms. The van der Waals surface area contributed by atoms with E-state index in [1.54, 1.807) is 20.9 Å². The summed E-state index contributed by atoms with van der Waals surface area (Å²) in [4.78, 5) is 21.5. The number of alkyl halides is 3. The quantitative estimate of drug-likeness (QED) is 0.483. The zero-order valence-electron chi connectivity index (χ0n) is 21.0. The zero-order chi connectivity index (χ0) is 27.6. The van der Waals surface area contributed by atoms with Gasteiger partial charge in [0.1, 0.15) is 10.5 Å². The van der Waals surface area contributed by atoms with Crippen molar-refractivity contribution in [1.82, 2.24) is 29.4 Å². The average molecular weight is 570 g/mol. The lowest BCUT2D eigenvalue weighted by atomic mass is 9.95. The van der Waals surface area contributed by atoms with Gasteiger partial charge in [0.15, 0.2) is 0 Å². The molecule has 3 aromatic heterocycles. The second kappa shape index (κ2) is 9.02. The monoisotopic (exact) mass is 569 g/mol. The number of hydrogen-bond donors (Lipinski definition) is 2. The molecule has 0 radical (unpaired) electrons. The molecule has 5 rings (SSSR count). The molecule has 1 saturated heterocycles. The maximum Gasteiger partial charge on any atom is 0.420 e. The first-order chi connectivity index (χ1) is 17.7. The number of carbonyl (C=O) groups is 1. The number of aryl methyl sites for hydroxylation is 1. The first-order valence-electron chi connectivity index (χ1n) is 11.8. The van der Waals surface area contributed by atoms with Crippen LogP contribution in [-0.2, 0) is 28.8 Å². The highest BCUT2D eigenvalue weighted by molar-refractivity contribution is 7.89. The van der Waals surface area contributed by atoms with E-state index in [0.29, 0.717) is 16.9 Å². The van der Waals surface area contributed by atoms with Gasteiger partial charge in [-0.15, -0.1) is 11.3 Å². The number of piperidine rings is 1. The highest BCUT2D eigenvalue weighted by atomic mass is 32.2. The summed E-state index contributed by atoms with van der Waals surface area (Å²) in [6.45, 7) is 5.87. The number of nitrogens with zero attached hydrogens (tertiary/aromatic N) is 5. The molecular weight excluding hydrogens is 543 g/mol. The molecule has 204 valence electrons. The van der Waals surface area contributed by atoms with Gasteiger partial charge in [0.25, 0.3) is 5.91 Å². The van der Waals surface area contributed by atoms with Gasteiger partial charge in [-0.25, -0.2) is 18.4 Å². The molecule has 0 aromatic carbocycles. The first kappa shape index (κ1) is 26.6. The van der Waals surface area contributed by atoms with E-state index in [9.17, 15) is 26.4 Å². The molecule has 38 heavy (non-hydrogen) atoms. The maximum absolute atomic E-state index is 13.9. The summed E-state index contributed by atoms with van der Waals surface area (Å²) in [6.07, 6.45) is -0.811. The van der Waals surface area contributed by atoms with Crippen LogP contribution in [0.25, 0.3) is 10.6 Å². The summed E-state index contributed by atoms with van der Waals surface area (Å²) in [5.74, 6) is -0.513. The number of hydrogen-bond acceptors (Lipinski definition) is 8. The molecule has 2 N–H and O–H groups in total. The van der Waals surface area contributed by atoms with Gasteiger partial charge < -0.3 is 10.6 Å². The van der Waals surface area contributed by atoms with Crippen LogP contribution in [0.4, 0.5) is 19.1 Å². The van der Waals surface area contributed by atoms with Crippen molar-refractivity contribution in [2.24, 2.45) is 13.0 Å². The third-order valence-electron chi connectivity index (χ3n) is 6.80. The second-order valence-electron chi connectivity index (χ2n) is 10.1. The van der Waals surface area contributed by atoms with Gasteiger partial charge in [0.2, 0.25) is 16.0 Å². The fourth-order valence-corrected chi connectivity index (χ4v) is 7.54. The number of sulfonamides is 1. The lowest BCUT2D eigenvalue weighted by Crippen LogP contribution is -2.47. The van der Waals surface area contributed by atoms with E-state index < -0.39 is 27.3 Å². The lowest BCUT2D eigenvalue weighted by molar-refractivity contribution is -0.137. The number of rotatable bonds is 5. The number of carbonyl (C=O) groups excluding carboxylic acids is 1. The minimum Gasteiger partial charge on any atom is -0.351 e. The predicted molar refractivity (Wildman–Crippen MR) is 134 cm³/mol. The van der Waals surface area contributed by atoms with Crippen LogP contribution in [0.2, 0.25) is 0 Å². The molecular formula is C23H26F3N7O3S2. The van der Waals surface area contributed by atoms with Gasteiger partial charge in [-0.2, -0.15) is 22.6 Å². The van der Waals surface area contributed by atoms with Crippen molar-refractivity contribution in [3.05, 3.63) is 40.7 Å². The van der Waals surface area contributed by atoms with Crippen molar-refractivity contribution in [3.8, 4) is 10.6 Å². The van der Waals surface area contributed by atoms with Crippen molar-refractivity contribution in [2.45, 2.75) is 49.8 Å². The molecule has 3 aromatic rings. The molecule has 0 saturated carbocycles. The molecule has 0 aliphatic carbocycles. The molecule has 2 aliphatic heterocycles.